The number of fused-ring (bicyclic) bond motifs is 3. The highest BCUT2D eigenvalue weighted by Crippen LogP contribution is 2.28. The van der Waals surface area contributed by atoms with Crippen LogP contribution >= 0.6 is 0 Å². The summed E-state index contributed by atoms with van der Waals surface area (Å²) in [6.45, 7) is 0. The van der Waals surface area contributed by atoms with E-state index in [1.807, 2.05) is 36.6 Å². The zero-order chi connectivity index (χ0) is 10.1. The molecule has 0 spiro atoms. The van der Waals surface area contributed by atoms with Crippen LogP contribution in [0.4, 0.5) is 5.69 Å². The lowest BCUT2D eigenvalue weighted by atomic mass is 10.1. The van der Waals surface area contributed by atoms with E-state index in [1.54, 1.807) is 6.20 Å². The Morgan fingerprint density at radius 3 is 3.07 bits per heavy atom. The van der Waals surface area contributed by atoms with Crippen molar-refractivity contribution in [3.8, 4) is 0 Å². The van der Waals surface area contributed by atoms with Crippen molar-refractivity contribution < 1.29 is 0 Å². The molecule has 1 aromatic heterocycles. The van der Waals surface area contributed by atoms with E-state index in [1.165, 1.54) is 5.56 Å². The molecule has 3 rings (SSSR count). The Labute approximate surface area is 87.1 Å². The maximum Gasteiger partial charge on any atom is 0.0950 e. The molecule has 0 aliphatic carbocycles. The van der Waals surface area contributed by atoms with Gasteiger partial charge in [-0.25, -0.2) is 0 Å². The summed E-state index contributed by atoms with van der Waals surface area (Å²) in [6.07, 6.45) is 9.69. The van der Waals surface area contributed by atoms with Crippen molar-refractivity contribution in [2.75, 3.05) is 5.32 Å². The average molecular weight is 195 g/mol. The van der Waals surface area contributed by atoms with Gasteiger partial charge in [0.15, 0.2) is 0 Å². The highest BCUT2D eigenvalue weighted by molar-refractivity contribution is 5.96. The van der Waals surface area contributed by atoms with Crippen molar-refractivity contribution in [1.29, 1.82) is 0 Å². The number of benzene rings is 1. The third kappa shape index (κ3) is 1.29. The summed E-state index contributed by atoms with van der Waals surface area (Å²) in [5.74, 6) is 0. The first-order valence-electron chi connectivity index (χ1n) is 4.79. The van der Waals surface area contributed by atoms with Gasteiger partial charge in [-0.3, -0.25) is 0 Å². The number of nitrogens with zero attached hydrogens (tertiary/aromatic N) is 2. The standard InChI is InChI=1S/C12H9N3/c1-2-7-13-12-9(3-1)4-5-11-10(12)6-8-14-15-11/h1-8,13H. The first-order chi connectivity index (χ1) is 7.45. The maximum absolute atomic E-state index is 4.08. The summed E-state index contributed by atoms with van der Waals surface area (Å²) in [7, 11) is 0. The minimum absolute atomic E-state index is 0.910. The molecule has 15 heavy (non-hydrogen) atoms. The summed E-state index contributed by atoms with van der Waals surface area (Å²) >= 11 is 0. The van der Waals surface area contributed by atoms with Gasteiger partial charge < -0.3 is 5.32 Å². The molecule has 2 aromatic rings. The highest BCUT2D eigenvalue weighted by Gasteiger charge is 2.06. The summed E-state index contributed by atoms with van der Waals surface area (Å²) in [5, 5.41) is 12.3. The van der Waals surface area contributed by atoms with E-state index in [2.05, 4.69) is 21.6 Å². The fraction of sp³-hybridized carbons (Fsp3) is 0. The van der Waals surface area contributed by atoms with E-state index >= 15 is 0 Å². The van der Waals surface area contributed by atoms with Crippen LogP contribution in [0.25, 0.3) is 17.0 Å². The normalized spacial score (nSPS) is 13.3. The van der Waals surface area contributed by atoms with Crippen LogP contribution in [0.15, 0.2) is 42.7 Å². The second kappa shape index (κ2) is 3.20. The van der Waals surface area contributed by atoms with Crippen molar-refractivity contribution in [3.63, 3.8) is 0 Å². The number of hydrogen-bond acceptors (Lipinski definition) is 3. The van der Waals surface area contributed by atoms with E-state index in [0.717, 1.165) is 16.6 Å². The molecule has 0 atom stereocenters. The molecule has 0 amide bonds. The minimum Gasteiger partial charge on any atom is -0.361 e. The average Bonchev–Trinajstić information content (AvgIpc) is 2.54. The van der Waals surface area contributed by atoms with Gasteiger partial charge >= 0.3 is 0 Å². The predicted molar refractivity (Wildman–Crippen MR) is 61.3 cm³/mol. The van der Waals surface area contributed by atoms with Crippen LogP contribution in [0.5, 0.6) is 0 Å². The number of rotatable bonds is 0. The molecule has 3 heteroatoms. The number of nitrogens with one attached hydrogen (secondary N) is 1. The van der Waals surface area contributed by atoms with Crippen molar-refractivity contribution in [2.24, 2.45) is 0 Å². The van der Waals surface area contributed by atoms with E-state index in [4.69, 9.17) is 0 Å². The lowest BCUT2D eigenvalue weighted by Crippen LogP contribution is -1.93. The molecule has 0 radical (unpaired) electrons. The van der Waals surface area contributed by atoms with Crippen LogP contribution in [-0.2, 0) is 0 Å². The van der Waals surface area contributed by atoms with Crippen LogP contribution in [-0.4, -0.2) is 10.2 Å². The Bertz CT molecular complexity index is 570. The third-order valence-electron chi connectivity index (χ3n) is 2.44. The van der Waals surface area contributed by atoms with Gasteiger partial charge in [-0.15, -0.1) is 0 Å². The van der Waals surface area contributed by atoms with E-state index < -0.39 is 0 Å². The molecule has 3 nitrogen and oxygen atoms in total. The van der Waals surface area contributed by atoms with Gasteiger partial charge in [0.1, 0.15) is 0 Å². The topological polar surface area (TPSA) is 37.8 Å². The molecule has 0 unspecified atom stereocenters. The summed E-state index contributed by atoms with van der Waals surface area (Å²) in [4.78, 5) is 0. The van der Waals surface area contributed by atoms with Crippen LogP contribution < -0.4 is 5.32 Å². The molecule has 1 aromatic carbocycles. The molecule has 2 heterocycles. The van der Waals surface area contributed by atoms with Crippen molar-refractivity contribution >= 4 is 22.7 Å². The fourth-order valence-corrected chi connectivity index (χ4v) is 1.73. The van der Waals surface area contributed by atoms with Gasteiger partial charge in [0.2, 0.25) is 0 Å². The monoisotopic (exact) mass is 195 g/mol. The molecule has 1 aliphatic rings. The lowest BCUT2D eigenvalue weighted by molar-refractivity contribution is 1.08. The predicted octanol–water partition coefficient (Wildman–Crippen LogP) is 2.58. The van der Waals surface area contributed by atoms with E-state index in [0.29, 0.717) is 0 Å². The minimum atomic E-state index is 0.910. The number of allylic oxidation sites excluding steroid dienone is 2. The largest absolute Gasteiger partial charge is 0.361 e. The Balaban J connectivity index is 2.38. The molecule has 0 saturated heterocycles. The Kier molecular flexibility index (Phi) is 1.75. The summed E-state index contributed by atoms with van der Waals surface area (Å²) in [5.41, 5.74) is 3.17. The molecule has 0 bridgehead atoms. The van der Waals surface area contributed by atoms with Crippen LogP contribution in [0.1, 0.15) is 5.56 Å². The molecule has 1 N–H and O–H groups in total. The Hall–Kier alpha value is -2.16. The lowest BCUT2D eigenvalue weighted by Gasteiger charge is -2.07. The van der Waals surface area contributed by atoms with Gasteiger partial charge in [0.25, 0.3) is 0 Å². The molecule has 1 aliphatic heterocycles. The molecule has 72 valence electrons. The van der Waals surface area contributed by atoms with Crippen LogP contribution in [0.2, 0.25) is 0 Å². The summed E-state index contributed by atoms with van der Waals surface area (Å²) < 4.78 is 0. The van der Waals surface area contributed by atoms with Gasteiger partial charge in [-0.05, 0) is 23.8 Å². The third-order valence-corrected chi connectivity index (χ3v) is 2.44. The smallest absolute Gasteiger partial charge is 0.0950 e. The molecular weight excluding hydrogens is 186 g/mol. The quantitative estimate of drug-likeness (QED) is 0.702. The second-order valence-corrected chi connectivity index (χ2v) is 3.36. The van der Waals surface area contributed by atoms with Gasteiger partial charge in [-0.2, -0.15) is 10.2 Å². The van der Waals surface area contributed by atoms with Gasteiger partial charge in [0.05, 0.1) is 17.4 Å². The first kappa shape index (κ1) is 8.17. The zero-order valence-corrected chi connectivity index (χ0v) is 8.01. The summed E-state index contributed by atoms with van der Waals surface area (Å²) in [6, 6.07) is 6.00. The molecule has 0 fully saturated rings. The SMILES string of the molecule is C1=CNc2c(ccc3nnccc23)C=C1. The molecular formula is C12H9N3. The number of anilines is 1. The maximum atomic E-state index is 4.08. The highest BCUT2D eigenvalue weighted by atomic mass is 15.1. The van der Waals surface area contributed by atoms with E-state index in [-0.39, 0.29) is 0 Å². The number of aromatic nitrogens is 2. The van der Waals surface area contributed by atoms with Gasteiger partial charge in [-0.1, -0.05) is 18.2 Å². The molecule has 0 saturated carbocycles. The van der Waals surface area contributed by atoms with Gasteiger partial charge in [0, 0.05) is 11.6 Å². The van der Waals surface area contributed by atoms with Crippen molar-refractivity contribution in [3.05, 3.63) is 48.3 Å². The Morgan fingerprint density at radius 1 is 1.07 bits per heavy atom. The van der Waals surface area contributed by atoms with Crippen molar-refractivity contribution in [1.82, 2.24) is 10.2 Å². The fourth-order valence-electron chi connectivity index (χ4n) is 1.73. The van der Waals surface area contributed by atoms with Crippen LogP contribution in [0, 0.1) is 0 Å². The van der Waals surface area contributed by atoms with E-state index in [9.17, 15) is 0 Å². The Morgan fingerprint density at radius 2 is 2.07 bits per heavy atom. The van der Waals surface area contributed by atoms with Crippen LogP contribution in [0.3, 0.4) is 0 Å². The second-order valence-electron chi connectivity index (χ2n) is 3.36. The van der Waals surface area contributed by atoms with Crippen molar-refractivity contribution in [2.45, 2.75) is 0 Å². The first-order valence-corrected chi connectivity index (χ1v) is 4.79. The zero-order valence-electron chi connectivity index (χ0n) is 8.01. The number of hydrogen-bond donors (Lipinski definition) is 1.